The van der Waals surface area contributed by atoms with E-state index in [2.05, 4.69) is 217 Å². The minimum absolute atomic E-state index is 0.243. The SMILES string of the molecule is c1ccc(-c2ccc(N3c4ccc(-c5ccccc5)cc4B4c5cc(-c6ccccc6)ccc5Oc5c(-c6nc(-c7ccccc7)nc(-c7ccccc7)n6)cc(-c6ccccc6)c3c54)cc2)cc1. The molecule has 5 nitrogen and oxygen atoms in total. The number of fused-ring (bicyclic) bond motifs is 4. The van der Waals surface area contributed by atoms with Crippen LogP contribution in [0.3, 0.4) is 0 Å². The molecule has 13 rings (SSSR count). The first-order valence-electron chi connectivity index (χ1n) is 23.4. The number of benzene rings is 10. The average Bonchev–Trinajstić information content (AvgIpc) is 3.44. The van der Waals surface area contributed by atoms with Crippen LogP contribution in [-0.2, 0) is 0 Å². The lowest BCUT2D eigenvalue weighted by Gasteiger charge is -2.42. The Labute approximate surface area is 401 Å². The zero-order valence-electron chi connectivity index (χ0n) is 37.4. The highest BCUT2D eigenvalue weighted by molar-refractivity contribution is 6.99. The van der Waals surface area contributed by atoms with Gasteiger partial charge in [-0.25, -0.2) is 15.0 Å². The number of ether oxygens (including phenoxy) is 1. The molecule has 6 heteroatoms. The maximum Gasteiger partial charge on any atom is 0.256 e. The van der Waals surface area contributed by atoms with E-state index in [0.29, 0.717) is 17.5 Å². The summed E-state index contributed by atoms with van der Waals surface area (Å²) in [4.78, 5) is 18.3. The molecular formula is C63H41BN4O. The van der Waals surface area contributed by atoms with Crippen molar-refractivity contribution in [3.8, 4) is 90.2 Å². The fraction of sp³-hybridized carbons (Fsp3) is 0. The van der Waals surface area contributed by atoms with Crippen LogP contribution in [0.15, 0.2) is 249 Å². The first-order chi connectivity index (χ1) is 34.2. The molecule has 2 aliphatic rings. The van der Waals surface area contributed by atoms with Gasteiger partial charge in [-0.2, -0.15) is 0 Å². The minimum atomic E-state index is -0.243. The van der Waals surface area contributed by atoms with Gasteiger partial charge in [0.15, 0.2) is 17.5 Å². The molecule has 0 spiro atoms. The van der Waals surface area contributed by atoms with E-state index in [9.17, 15) is 0 Å². The number of rotatable bonds is 8. The zero-order chi connectivity index (χ0) is 45.7. The molecule has 10 aromatic carbocycles. The third kappa shape index (κ3) is 7.18. The van der Waals surface area contributed by atoms with Crippen molar-refractivity contribution in [1.29, 1.82) is 0 Å². The van der Waals surface area contributed by atoms with Crippen LogP contribution in [0, 0.1) is 0 Å². The molecule has 11 aromatic rings. The van der Waals surface area contributed by atoms with Crippen LogP contribution in [-0.4, -0.2) is 21.7 Å². The van der Waals surface area contributed by atoms with Crippen molar-refractivity contribution in [2.24, 2.45) is 0 Å². The topological polar surface area (TPSA) is 51.1 Å². The maximum absolute atomic E-state index is 7.45. The molecule has 0 unspecified atom stereocenters. The number of nitrogens with zero attached hydrogens (tertiary/aromatic N) is 4. The Bertz CT molecular complexity index is 3610. The third-order valence-corrected chi connectivity index (χ3v) is 13.4. The van der Waals surface area contributed by atoms with E-state index in [0.717, 1.165) is 95.1 Å². The molecule has 0 atom stereocenters. The standard InChI is InChI=1S/C63H41BN4O/c1-7-19-42(20-8-1)45-31-35-51(36-32-45)68-56-37-33-49(43-21-9-2-10-22-43)39-54(56)64-55-40-50(44-23-11-3-12-24-44)34-38-57(55)69-60-53(41-52(59(68)58(60)64)46-25-13-4-14-26-46)63-66-61(47-27-15-5-16-28-47)65-62(67-63)48-29-17-6-18-30-48/h1-41H. The Morgan fingerprint density at radius 2 is 0.754 bits per heavy atom. The highest BCUT2D eigenvalue weighted by atomic mass is 16.5. The van der Waals surface area contributed by atoms with Crippen molar-refractivity contribution in [3.05, 3.63) is 249 Å². The second-order valence-electron chi connectivity index (χ2n) is 17.5. The summed E-state index contributed by atoms with van der Waals surface area (Å²) in [6, 6.07) is 87.7. The second-order valence-corrected chi connectivity index (χ2v) is 17.5. The van der Waals surface area contributed by atoms with Gasteiger partial charge in [-0.05, 0) is 85.7 Å². The van der Waals surface area contributed by atoms with E-state index in [1.54, 1.807) is 0 Å². The van der Waals surface area contributed by atoms with E-state index in [4.69, 9.17) is 19.7 Å². The molecule has 3 heterocycles. The van der Waals surface area contributed by atoms with E-state index in [1.807, 2.05) is 36.4 Å². The molecule has 0 N–H and O–H groups in total. The lowest BCUT2D eigenvalue weighted by Crippen LogP contribution is -2.59. The van der Waals surface area contributed by atoms with Gasteiger partial charge in [0.2, 0.25) is 0 Å². The fourth-order valence-corrected chi connectivity index (χ4v) is 10.1. The molecule has 1 aromatic heterocycles. The molecule has 69 heavy (non-hydrogen) atoms. The molecule has 0 amide bonds. The van der Waals surface area contributed by atoms with Gasteiger partial charge in [-0.3, -0.25) is 0 Å². The Morgan fingerprint density at radius 3 is 1.29 bits per heavy atom. The van der Waals surface area contributed by atoms with Gasteiger partial charge in [0, 0.05) is 28.1 Å². The normalized spacial score (nSPS) is 12.1. The number of anilines is 3. The smallest absolute Gasteiger partial charge is 0.256 e. The molecule has 0 aliphatic carbocycles. The van der Waals surface area contributed by atoms with Crippen LogP contribution < -0.4 is 26.0 Å². The number of hydrogen-bond acceptors (Lipinski definition) is 5. The van der Waals surface area contributed by atoms with Gasteiger partial charge in [0.05, 0.1) is 11.3 Å². The first-order valence-corrected chi connectivity index (χ1v) is 23.4. The van der Waals surface area contributed by atoms with Gasteiger partial charge < -0.3 is 9.64 Å². The quantitative estimate of drug-likeness (QED) is 0.142. The summed E-state index contributed by atoms with van der Waals surface area (Å²) in [6.45, 7) is -0.243. The summed E-state index contributed by atoms with van der Waals surface area (Å²) in [5, 5.41) is 0. The average molecular weight is 881 g/mol. The van der Waals surface area contributed by atoms with Crippen LogP contribution in [0.1, 0.15) is 0 Å². The minimum Gasteiger partial charge on any atom is -0.458 e. The van der Waals surface area contributed by atoms with Crippen LogP contribution in [0.5, 0.6) is 11.5 Å². The molecular weight excluding hydrogens is 840 g/mol. The summed E-state index contributed by atoms with van der Waals surface area (Å²) in [5.74, 6) is 3.22. The van der Waals surface area contributed by atoms with Gasteiger partial charge in [0.25, 0.3) is 6.71 Å². The van der Waals surface area contributed by atoms with Crippen LogP contribution in [0.25, 0.3) is 78.7 Å². The Balaban J connectivity index is 1.14. The lowest BCUT2D eigenvalue weighted by molar-refractivity contribution is 0.489. The fourth-order valence-electron chi connectivity index (χ4n) is 10.1. The van der Waals surface area contributed by atoms with Gasteiger partial charge in [-0.15, -0.1) is 0 Å². The van der Waals surface area contributed by atoms with Crippen molar-refractivity contribution in [3.63, 3.8) is 0 Å². The Hall–Kier alpha value is -9.13. The number of aromatic nitrogens is 3. The summed E-state index contributed by atoms with van der Waals surface area (Å²) in [7, 11) is 0. The lowest BCUT2D eigenvalue weighted by atomic mass is 9.33. The van der Waals surface area contributed by atoms with Crippen molar-refractivity contribution in [2.75, 3.05) is 4.90 Å². The zero-order valence-corrected chi connectivity index (χ0v) is 37.4. The monoisotopic (exact) mass is 880 g/mol. The third-order valence-electron chi connectivity index (χ3n) is 13.4. The van der Waals surface area contributed by atoms with E-state index >= 15 is 0 Å². The van der Waals surface area contributed by atoms with Crippen molar-refractivity contribution in [2.45, 2.75) is 0 Å². The Kier molecular flexibility index (Phi) is 9.87. The molecule has 0 bridgehead atoms. The predicted molar refractivity (Wildman–Crippen MR) is 284 cm³/mol. The Morgan fingerprint density at radius 1 is 0.333 bits per heavy atom. The number of hydrogen-bond donors (Lipinski definition) is 0. The predicted octanol–water partition coefficient (Wildman–Crippen LogP) is 13.9. The molecule has 0 fully saturated rings. The van der Waals surface area contributed by atoms with Crippen molar-refractivity contribution >= 4 is 40.2 Å². The molecule has 322 valence electrons. The van der Waals surface area contributed by atoms with Gasteiger partial charge in [0.1, 0.15) is 11.5 Å². The molecule has 2 aliphatic heterocycles. The van der Waals surface area contributed by atoms with Gasteiger partial charge >= 0.3 is 0 Å². The molecule has 0 radical (unpaired) electrons. The van der Waals surface area contributed by atoms with E-state index < -0.39 is 0 Å². The van der Waals surface area contributed by atoms with Crippen molar-refractivity contribution in [1.82, 2.24) is 15.0 Å². The van der Waals surface area contributed by atoms with Crippen LogP contribution in [0.2, 0.25) is 0 Å². The van der Waals surface area contributed by atoms with Gasteiger partial charge in [-0.1, -0.05) is 218 Å². The summed E-state index contributed by atoms with van der Waals surface area (Å²) >= 11 is 0. The molecule has 0 saturated heterocycles. The largest absolute Gasteiger partial charge is 0.458 e. The summed E-state index contributed by atoms with van der Waals surface area (Å²) < 4.78 is 7.45. The summed E-state index contributed by atoms with van der Waals surface area (Å²) in [6.07, 6.45) is 0. The van der Waals surface area contributed by atoms with Crippen molar-refractivity contribution < 1.29 is 4.74 Å². The van der Waals surface area contributed by atoms with E-state index in [1.165, 1.54) is 11.0 Å². The van der Waals surface area contributed by atoms with Crippen LogP contribution >= 0.6 is 0 Å². The highest BCUT2D eigenvalue weighted by Gasteiger charge is 2.45. The van der Waals surface area contributed by atoms with Crippen LogP contribution in [0.4, 0.5) is 17.1 Å². The highest BCUT2D eigenvalue weighted by Crippen LogP contribution is 2.50. The maximum atomic E-state index is 7.45. The first kappa shape index (κ1) is 40.2. The van der Waals surface area contributed by atoms with E-state index in [-0.39, 0.29) is 6.71 Å². The molecule has 0 saturated carbocycles. The summed E-state index contributed by atoms with van der Waals surface area (Å²) in [5.41, 5.74) is 18.1. The second kappa shape index (κ2) is 16.9.